The minimum atomic E-state index is -0.183. The molecule has 1 aliphatic rings. The van der Waals surface area contributed by atoms with Crippen molar-refractivity contribution in [3.63, 3.8) is 0 Å². The Morgan fingerprint density at radius 2 is 1.92 bits per heavy atom. The summed E-state index contributed by atoms with van der Waals surface area (Å²) < 4.78 is 1.38. The average molecular weight is 353 g/mol. The highest BCUT2D eigenvalue weighted by Gasteiger charge is 2.27. The zero-order valence-electron chi connectivity index (χ0n) is 15.5. The summed E-state index contributed by atoms with van der Waals surface area (Å²) in [5.74, 6) is 1.13. The van der Waals surface area contributed by atoms with Crippen molar-refractivity contribution >= 4 is 5.91 Å². The number of nitrogens with one attached hydrogen (secondary N) is 1. The predicted molar refractivity (Wildman–Crippen MR) is 103 cm³/mol. The lowest BCUT2D eigenvalue weighted by atomic mass is 9.78. The molecule has 138 valence electrons. The minimum absolute atomic E-state index is 0.00485. The topological polar surface area (TPSA) is 64.0 Å². The van der Waals surface area contributed by atoms with Crippen molar-refractivity contribution < 1.29 is 4.79 Å². The second-order valence-electron chi connectivity index (χ2n) is 7.34. The lowest BCUT2D eigenvalue weighted by Crippen LogP contribution is -2.44. The van der Waals surface area contributed by atoms with Crippen LogP contribution in [0, 0.1) is 11.8 Å². The fourth-order valence-corrected chi connectivity index (χ4v) is 3.64. The Morgan fingerprint density at radius 1 is 1.15 bits per heavy atom. The van der Waals surface area contributed by atoms with Gasteiger partial charge in [-0.25, -0.2) is 4.68 Å². The van der Waals surface area contributed by atoms with Crippen LogP contribution in [0.2, 0.25) is 0 Å². The van der Waals surface area contributed by atoms with Gasteiger partial charge in [0, 0.05) is 24.1 Å². The summed E-state index contributed by atoms with van der Waals surface area (Å²) in [6, 6.07) is 13.2. The van der Waals surface area contributed by atoms with Gasteiger partial charge in [0.05, 0.1) is 12.2 Å². The number of amides is 1. The highest BCUT2D eigenvalue weighted by Crippen LogP contribution is 2.29. The predicted octanol–water partition coefficient (Wildman–Crippen LogP) is 3.24. The summed E-state index contributed by atoms with van der Waals surface area (Å²) in [7, 11) is 0. The van der Waals surface area contributed by atoms with Crippen LogP contribution in [-0.4, -0.2) is 21.7 Å². The van der Waals surface area contributed by atoms with Gasteiger partial charge in [0.2, 0.25) is 5.91 Å². The first-order valence-corrected chi connectivity index (χ1v) is 9.47. The Morgan fingerprint density at radius 3 is 2.69 bits per heavy atom. The van der Waals surface area contributed by atoms with Crippen LogP contribution in [-0.2, 0) is 11.3 Å². The number of hydrogen-bond acceptors (Lipinski definition) is 3. The first-order chi connectivity index (χ1) is 12.5. The van der Waals surface area contributed by atoms with Crippen molar-refractivity contribution in [2.24, 2.45) is 11.8 Å². The highest BCUT2D eigenvalue weighted by atomic mass is 16.2. The average Bonchev–Trinajstić information content (AvgIpc) is 2.65. The largest absolute Gasteiger partial charge is 0.353 e. The molecule has 1 aliphatic carbocycles. The molecule has 3 rings (SSSR count). The number of hydrogen-bond donors (Lipinski definition) is 1. The van der Waals surface area contributed by atoms with E-state index in [9.17, 15) is 9.59 Å². The smallest absolute Gasteiger partial charge is 0.266 e. The minimum Gasteiger partial charge on any atom is -0.353 e. The molecule has 0 saturated heterocycles. The van der Waals surface area contributed by atoms with E-state index in [4.69, 9.17) is 0 Å². The van der Waals surface area contributed by atoms with Crippen molar-refractivity contribution in [2.75, 3.05) is 0 Å². The number of carbonyl (C=O) groups is 1. The molecular weight excluding hydrogens is 326 g/mol. The van der Waals surface area contributed by atoms with Crippen molar-refractivity contribution in [1.82, 2.24) is 15.1 Å². The van der Waals surface area contributed by atoms with Gasteiger partial charge in [-0.05, 0) is 24.3 Å². The van der Waals surface area contributed by atoms with E-state index in [2.05, 4.69) is 24.3 Å². The summed E-state index contributed by atoms with van der Waals surface area (Å²) in [5, 5.41) is 7.57. The molecule has 0 aliphatic heterocycles. The maximum atomic E-state index is 12.3. The van der Waals surface area contributed by atoms with E-state index in [-0.39, 0.29) is 23.9 Å². The number of aryl methyl sites for hydroxylation is 1. The van der Waals surface area contributed by atoms with Gasteiger partial charge < -0.3 is 5.32 Å². The van der Waals surface area contributed by atoms with Crippen LogP contribution in [0.1, 0.15) is 39.5 Å². The zero-order chi connectivity index (χ0) is 18.5. The van der Waals surface area contributed by atoms with E-state index >= 15 is 0 Å². The van der Waals surface area contributed by atoms with Gasteiger partial charge in [-0.2, -0.15) is 5.10 Å². The summed E-state index contributed by atoms with van der Waals surface area (Å²) in [4.78, 5) is 24.4. The van der Waals surface area contributed by atoms with E-state index in [0.29, 0.717) is 18.4 Å². The first-order valence-electron chi connectivity index (χ1n) is 9.47. The maximum absolute atomic E-state index is 12.3. The second-order valence-corrected chi connectivity index (χ2v) is 7.34. The molecule has 0 unspecified atom stereocenters. The Kier molecular flexibility index (Phi) is 5.86. The SMILES string of the molecule is C[C@H]1[C@H](C)CCC[C@H]1NC(=O)CCn1nc(-c2ccccc2)ccc1=O. The molecule has 0 spiro atoms. The van der Waals surface area contributed by atoms with Crippen molar-refractivity contribution in [1.29, 1.82) is 0 Å². The van der Waals surface area contributed by atoms with Crippen molar-refractivity contribution in [3.8, 4) is 11.3 Å². The van der Waals surface area contributed by atoms with Crippen molar-refractivity contribution in [3.05, 3.63) is 52.8 Å². The molecule has 1 saturated carbocycles. The molecule has 1 aromatic carbocycles. The van der Waals surface area contributed by atoms with Gasteiger partial charge in [-0.3, -0.25) is 9.59 Å². The zero-order valence-corrected chi connectivity index (χ0v) is 15.5. The van der Waals surface area contributed by atoms with E-state index in [0.717, 1.165) is 24.1 Å². The van der Waals surface area contributed by atoms with E-state index in [1.54, 1.807) is 6.07 Å². The highest BCUT2D eigenvalue weighted by molar-refractivity contribution is 5.76. The van der Waals surface area contributed by atoms with Crippen LogP contribution in [0.3, 0.4) is 0 Å². The Balaban J connectivity index is 1.62. The Hall–Kier alpha value is -2.43. The molecule has 1 amide bonds. The van der Waals surface area contributed by atoms with Crippen LogP contribution in [0.4, 0.5) is 0 Å². The van der Waals surface area contributed by atoms with Gasteiger partial charge in [-0.15, -0.1) is 0 Å². The molecule has 3 atom stereocenters. The molecule has 0 bridgehead atoms. The first kappa shape index (κ1) is 18.4. The van der Waals surface area contributed by atoms with Gasteiger partial charge in [0.15, 0.2) is 0 Å². The molecule has 1 aromatic heterocycles. The molecule has 1 N–H and O–H groups in total. The number of benzene rings is 1. The van der Waals surface area contributed by atoms with Gasteiger partial charge >= 0.3 is 0 Å². The third kappa shape index (κ3) is 4.40. The fourth-order valence-electron chi connectivity index (χ4n) is 3.64. The normalized spacial score (nSPS) is 22.8. The van der Waals surface area contributed by atoms with Crippen LogP contribution in [0.5, 0.6) is 0 Å². The lowest BCUT2D eigenvalue weighted by Gasteiger charge is -2.34. The van der Waals surface area contributed by atoms with Crippen molar-refractivity contribution in [2.45, 2.75) is 52.1 Å². The molecule has 1 heterocycles. The Labute approximate surface area is 154 Å². The van der Waals surface area contributed by atoms with Crippen LogP contribution in [0.15, 0.2) is 47.3 Å². The fraction of sp³-hybridized carbons (Fsp3) is 0.476. The molecule has 0 radical (unpaired) electrons. The van der Waals surface area contributed by atoms with Gasteiger partial charge in [0.25, 0.3) is 5.56 Å². The van der Waals surface area contributed by atoms with Crippen LogP contribution < -0.4 is 10.9 Å². The molecule has 2 aromatic rings. The van der Waals surface area contributed by atoms with Crippen LogP contribution >= 0.6 is 0 Å². The quantitative estimate of drug-likeness (QED) is 0.897. The molecule has 5 heteroatoms. The van der Waals surface area contributed by atoms with E-state index in [1.165, 1.54) is 17.2 Å². The summed E-state index contributed by atoms with van der Waals surface area (Å²) >= 11 is 0. The number of nitrogens with zero attached hydrogens (tertiary/aromatic N) is 2. The summed E-state index contributed by atoms with van der Waals surface area (Å²) in [5.41, 5.74) is 1.51. The standard InChI is InChI=1S/C21H27N3O2/c1-15-7-6-10-18(16(15)2)22-20(25)13-14-24-21(26)12-11-19(23-24)17-8-4-3-5-9-17/h3-5,8-9,11-12,15-16,18H,6-7,10,13-14H2,1-2H3,(H,22,25)/t15-,16+,18-/m1/s1. The summed E-state index contributed by atoms with van der Waals surface area (Å²) in [6.45, 7) is 4.76. The van der Waals surface area contributed by atoms with Crippen LogP contribution in [0.25, 0.3) is 11.3 Å². The number of rotatable bonds is 5. The van der Waals surface area contributed by atoms with E-state index < -0.39 is 0 Å². The Bertz CT molecular complexity index is 800. The third-order valence-electron chi connectivity index (χ3n) is 5.54. The number of carbonyl (C=O) groups excluding carboxylic acids is 1. The molecule has 26 heavy (non-hydrogen) atoms. The molecular formula is C21H27N3O2. The third-order valence-corrected chi connectivity index (χ3v) is 5.54. The van der Waals surface area contributed by atoms with E-state index in [1.807, 2.05) is 30.3 Å². The monoisotopic (exact) mass is 353 g/mol. The van der Waals surface area contributed by atoms with Gasteiger partial charge in [0.1, 0.15) is 0 Å². The lowest BCUT2D eigenvalue weighted by molar-refractivity contribution is -0.122. The molecule has 5 nitrogen and oxygen atoms in total. The second kappa shape index (κ2) is 8.30. The summed E-state index contributed by atoms with van der Waals surface area (Å²) in [6.07, 6.45) is 3.71. The number of aromatic nitrogens is 2. The maximum Gasteiger partial charge on any atom is 0.266 e. The van der Waals surface area contributed by atoms with Gasteiger partial charge in [-0.1, -0.05) is 57.0 Å². The molecule has 1 fully saturated rings.